The highest BCUT2D eigenvalue weighted by Gasteiger charge is 2.25. The summed E-state index contributed by atoms with van der Waals surface area (Å²) >= 11 is 5.88. The fourth-order valence-electron chi connectivity index (χ4n) is 1.51. The molecule has 0 saturated carbocycles. The summed E-state index contributed by atoms with van der Waals surface area (Å²) in [6.07, 6.45) is -4.30. The maximum atomic E-state index is 11.9. The SMILES string of the molecule is Oc1cccc(Cl)c1CNCCCCC(F)(F)F. The van der Waals surface area contributed by atoms with Gasteiger partial charge in [-0.2, -0.15) is 13.2 Å². The lowest BCUT2D eigenvalue weighted by Crippen LogP contribution is -2.16. The molecular formula is C12H15ClF3NO. The number of phenols is 1. The molecule has 0 spiro atoms. The Bertz CT molecular complexity index is 362. The molecule has 6 heteroatoms. The molecule has 0 aliphatic carbocycles. The molecule has 0 unspecified atom stereocenters. The van der Waals surface area contributed by atoms with Crippen LogP contribution >= 0.6 is 11.6 Å². The first-order chi connectivity index (χ1) is 8.40. The Morgan fingerprint density at radius 2 is 1.94 bits per heavy atom. The van der Waals surface area contributed by atoms with Crippen molar-refractivity contribution >= 4 is 11.6 Å². The molecule has 0 saturated heterocycles. The minimum absolute atomic E-state index is 0.0882. The molecule has 0 amide bonds. The fraction of sp³-hybridized carbons (Fsp3) is 0.500. The monoisotopic (exact) mass is 281 g/mol. The van der Waals surface area contributed by atoms with Crippen LogP contribution in [0.3, 0.4) is 0 Å². The van der Waals surface area contributed by atoms with Crippen LogP contribution in [0.2, 0.25) is 5.02 Å². The predicted molar refractivity (Wildman–Crippen MR) is 64.7 cm³/mol. The molecule has 0 heterocycles. The molecule has 2 N–H and O–H groups in total. The summed E-state index contributed by atoms with van der Waals surface area (Å²) in [7, 11) is 0. The quantitative estimate of drug-likeness (QED) is 0.776. The zero-order valence-corrected chi connectivity index (χ0v) is 10.5. The molecule has 18 heavy (non-hydrogen) atoms. The van der Waals surface area contributed by atoms with Gasteiger partial charge in [-0.1, -0.05) is 17.7 Å². The molecule has 0 bridgehead atoms. The van der Waals surface area contributed by atoms with Crippen LogP contribution in [-0.2, 0) is 6.54 Å². The summed E-state index contributed by atoms with van der Waals surface area (Å²) in [4.78, 5) is 0. The lowest BCUT2D eigenvalue weighted by molar-refractivity contribution is -0.135. The number of phenolic OH excluding ortho intramolecular Hbond substituents is 1. The van der Waals surface area contributed by atoms with Gasteiger partial charge in [-0.05, 0) is 31.5 Å². The summed E-state index contributed by atoms with van der Waals surface area (Å²) in [6.45, 7) is 0.804. The van der Waals surface area contributed by atoms with Crippen molar-refractivity contribution < 1.29 is 18.3 Å². The van der Waals surface area contributed by atoms with E-state index in [1.165, 1.54) is 6.07 Å². The van der Waals surface area contributed by atoms with Crippen molar-refractivity contribution in [3.63, 3.8) is 0 Å². The van der Waals surface area contributed by atoms with E-state index in [0.29, 0.717) is 30.1 Å². The van der Waals surface area contributed by atoms with Crippen LogP contribution in [0.1, 0.15) is 24.8 Å². The van der Waals surface area contributed by atoms with Crippen molar-refractivity contribution in [2.75, 3.05) is 6.54 Å². The average molecular weight is 282 g/mol. The zero-order valence-electron chi connectivity index (χ0n) is 9.73. The van der Waals surface area contributed by atoms with Gasteiger partial charge in [0.05, 0.1) is 0 Å². The maximum Gasteiger partial charge on any atom is 0.389 e. The number of unbranched alkanes of at least 4 members (excludes halogenated alkanes) is 1. The summed E-state index contributed by atoms with van der Waals surface area (Å²) in [6, 6.07) is 4.80. The minimum atomic E-state index is -4.08. The third-order valence-corrected chi connectivity index (χ3v) is 2.81. The van der Waals surface area contributed by atoms with Crippen LogP contribution in [0, 0.1) is 0 Å². The molecule has 1 aromatic carbocycles. The van der Waals surface area contributed by atoms with Gasteiger partial charge < -0.3 is 10.4 Å². The summed E-state index contributed by atoms with van der Waals surface area (Å²) in [5.41, 5.74) is 0.565. The molecule has 2 nitrogen and oxygen atoms in total. The van der Waals surface area contributed by atoms with Crippen molar-refractivity contribution in [3.8, 4) is 5.75 Å². The second kappa shape index (κ2) is 6.85. The first-order valence-corrected chi connectivity index (χ1v) is 6.02. The van der Waals surface area contributed by atoms with Gasteiger partial charge in [-0.25, -0.2) is 0 Å². The van der Waals surface area contributed by atoms with Gasteiger partial charge in [-0.3, -0.25) is 0 Å². The lowest BCUT2D eigenvalue weighted by atomic mass is 10.2. The van der Waals surface area contributed by atoms with Crippen LogP contribution in [0.4, 0.5) is 13.2 Å². The van der Waals surface area contributed by atoms with Crippen LogP contribution in [-0.4, -0.2) is 17.8 Å². The van der Waals surface area contributed by atoms with Gasteiger partial charge in [-0.15, -0.1) is 0 Å². The highest BCUT2D eigenvalue weighted by Crippen LogP contribution is 2.25. The first kappa shape index (κ1) is 15.1. The number of hydrogen-bond acceptors (Lipinski definition) is 2. The highest BCUT2D eigenvalue weighted by atomic mass is 35.5. The number of rotatable bonds is 6. The number of halogens is 4. The van der Waals surface area contributed by atoms with E-state index in [-0.39, 0.29) is 12.2 Å². The first-order valence-electron chi connectivity index (χ1n) is 5.64. The largest absolute Gasteiger partial charge is 0.508 e. The standard InChI is InChI=1S/C12H15ClF3NO/c13-10-4-3-5-11(18)9(10)8-17-7-2-1-6-12(14,15)16/h3-5,17-18H,1-2,6-8H2. The molecule has 0 aliphatic heterocycles. The molecule has 0 aliphatic rings. The number of aromatic hydroxyl groups is 1. The van der Waals surface area contributed by atoms with Crippen molar-refractivity contribution in [3.05, 3.63) is 28.8 Å². The van der Waals surface area contributed by atoms with Gasteiger partial charge in [0.15, 0.2) is 0 Å². The Hall–Kier alpha value is -0.940. The predicted octanol–water partition coefficient (Wildman–Crippen LogP) is 3.87. The van der Waals surface area contributed by atoms with Gasteiger partial charge in [0, 0.05) is 23.6 Å². The van der Waals surface area contributed by atoms with Crippen LogP contribution in [0.25, 0.3) is 0 Å². The molecule has 0 fully saturated rings. The van der Waals surface area contributed by atoms with Gasteiger partial charge >= 0.3 is 6.18 Å². The Morgan fingerprint density at radius 3 is 2.56 bits per heavy atom. The van der Waals surface area contributed by atoms with E-state index < -0.39 is 12.6 Å². The molecule has 1 aromatic rings. The smallest absolute Gasteiger partial charge is 0.389 e. The molecule has 102 valence electrons. The van der Waals surface area contributed by atoms with Crippen LogP contribution < -0.4 is 5.32 Å². The summed E-state index contributed by atoms with van der Waals surface area (Å²) in [5, 5.41) is 12.9. The Kier molecular flexibility index (Phi) is 5.75. The van der Waals surface area contributed by atoms with E-state index in [1.54, 1.807) is 12.1 Å². The van der Waals surface area contributed by atoms with E-state index >= 15 is 0 Å². The second-order valence-corrected chi connectivity index (χ2v) is 4.39. The number of benzene rings is 1. The van der Waals surface area contributed by atoms with E-state index in [0.717, 1.165) is 0 Å². The highest BCUT2D eigenvalue weighted by molar-refractivity contribution is 6.31. The van der Waals surface area contributed by atoms with Crippen molar-refractivity contribution in [1.29, 1.82) is 0 Å². The number of nitrogens with one attached hydrogen (secondary N) is 1. The summed E-state index contributed by atoms with van der Waals surface area (Å²) < 4.78 is 35.6. The number of alkyl halides is 3. The van der Waals surface area contributed by atoms with Crippen LogP contribution in [0.5, 0.6) is 5.75 Å². The topological polar surface area (TPSA) is 32.3 Å². The third kappa shape index (κ3) is 5.60. The maximum absolute atomic E-state index is 11.9. The second-order valence-electron chi connectivity index (χ2n) is 3.99. The Labute approximate surface area is 109 Å². The molecule has 0 aromatic heterocycles. The van der Waals surface area contributed by atoms with Crippen LogP contribution in [0.15, 0.2) is 18.2 Å². The zero-order chi connectivity index (χ0) is 13.6. The van der Waals surface area contributed by atoms with Crippen molar-refractivity contribution in [2.45, 2.75) is 32.0 Å². The lowest BCUT2D eigenvalue weighted by Gasteiger charge is -2.09. The molecular weight excluding hydrogens is 267 g/mol. The van der Waals surface area contributed by atoms with Gasteiger partial charge in [0.25, 0.3) is 0 Å². The molecule has 1 rings (SSSR count). The fourth-order valence-corrected chi connectivity index (χ4v) is 1.75. The van der Waals surface area contributed by atoms with E-state index in [4.69, 9.17) is 11.6 Å². The third-order valence-electron chi connectivity index (χ3n) is 2.46. The Morgan fingerprint density at radius 1 is 1.22 bits per heavy atom. The molecule has 0 radical (unpaired) electrons. The summed E-state index contributed by atoms with van der Waals surface area (Å²) in [5.74, 6) is 0.0882. The normalized spacial score (nSPS) is 11.8. The average Bonchev–Trinajstić information content (AvgIpc) is 2.25. The van der Waals surface area contributed by atoms with E-state index in [9.17, 15) is 18.3 Å². The van der Waals surface area contributed by atoms with E-state index in [2.05, 4.69) is 5.32 Å². The van der Waals surface area contributed by atoms with Gasteiger partial charge in [0.2, 0.25) is 0 Å². The molecule has 0 atom stereocenters. The number of hydrogen-bond donors (Lipinski definition) is 2. The van der Waals surface area contributed by atoms with E-state index in [1.807, 2.05) is 0 Å². The Balaban J connectivity index is 2.22. The minimum Gasteiger partial charge on any atom is -0.508 e. The van der Waals surface area contributed by atoms with Crippen molar-refractivity contribution in [2.24, 2.45) is 0 Å². The van der Waals surface area contributed by atoms with Crippen molar-refractivity contribution in [1.82, 2.24) is 5.32 Å². The van der Waals surface area contributed by atoms with Gasteiger partial charge in [0.1, 0.15) is 5.75 Å².